The Hall–Kier alpha value is -2.73. The maximum Gasteiger partial charge on any atom is 0.168 e. The Kier molecular flexibility index (Phi) is 5.90. The average molecular weight is 391 g/mol. The van der Waals surface area contributed by atoms with Crippen molar-refractivity contribution in [2.75, 3.05) is 31.1 Å². The zero-order valence-electron chi connectivity index (χ0n) is 17.6. The summed E-state index contributed by atoms with van der Waals surface area (Å²) in [4.78, 5) is 5.05. The van der Waals surface area contributed by atoms with Crippen molar-refractivity contribution in [2.24, 2.45) is 0 Å². The fourth-order valence-corrected chi connectivity index (χ4v) is 4.28. The van der Waals surface area contributed by atoms with Gasteiger partial charge in [0.25, 0.3) is 0 Å². The molecule has 6 heteroatoms. The smallest absolute Gasteiger partial charge is 0.168 e. The second kappa shape index (κ2) is 8.74. The summed E-state index contributed by atoms with van der Waals surface area (Å²) >= 11 is 0. The minimum atomic E-state index is 0.245. The van der Waals surface area contributed by atoms with Gasteiger partial charge in [-0.2, -0.15) is 0 Å². The summed E-state index contributed by atoms with van der Waals surface area (Å²) in [5.74, 6) is 0.969. The highest BCUT2D eigenvalue weighted by atomic mass is 15.6. The van der Waals surface area contributed by atoms with E-state index in [0.717, 1.165) is 38.4 Å². The molecular weight excluding hydrogens is 360 g/mol. The number of aromatic nitrogens is 4. The van der Waals surface area contributed by atoms with E-state index in [2.05, 4.69) is 88.6 Å². The van der Waals surface area contributed by atoms with Crippen LogP contribution in [0.3, 0.4) is 0 Å². The first kappa shape index (κ1) is 19.6. The van der Waals surface area contributed by atoms with E-state index >= 15 is 0 Å². The molecular formula is C23H30N6. The van der Waals surface area contributed by atoms with Crippen LogP contribution in [-0.2, 0) is 6.54 Å². The van der Waals surface area contributed by atoms with Crippen molar-refractivity contribution in [1.82, 2.24) is 25.1 Å². The molecule has 0 amide bonds. The Morgan fingerprint density at radius 1 is 0.931 bits per heavy atom. The minimum absolute atomic E-state index is 0.245. The standard InChI is InChI=1S/C23H30N6/c1-4-21(23-24-25-26-29(23)17-20-10-6-5-7-11-20)27-13-15-28(16-14-27)22-12-8-9-18(2)19(22)3/h5-12,21H,4,13-17H2,1-3H3/t21-/m0/s1. The van der Waals surface area contributed by atoms with Crippen LogP contribution >= 0.6 is 0 Å². The first-order valence-electron chi connectivity index (χ1n) is 10.5. The highest BCUT2D eigenvalue weighted by molar-refractivity contribution is 5.56. The van der Waals surface area contributed by atoms with Crippen molar-refractivity contribution < 1.29 is 0 Å². The third-order valence-electron chi connectivity index (χ3n) is 6.09. The Labute approximate surface area is 173 Å². The third-order valence-corrected chi connectivity index (χ3v) is 6.09. The fourth-order valence-electron chi connectivity index (χ4n) is 4.28. The highest BCUT2D eigenvalue weighted by Crippen LogP contribution is 2.28. The molecule has 0 saturated carbocycles. The van der Waals surface area contributed by atoms with Gasteiger partial charge in [-0.05, 0) is 53.5 Å². The van der Waals surface area contributed by atoms with E-state index in [-0.39, 0.29) is 6.04 Å². The van der Waals surface area contributed by atoms with Crippen molar-refractivity contribution in [3.8, 4) is 0 Å². The molecule has 152 valence electrons. The van der Waals surface area contributed by atoms with E-state index < -0.39 is 0 Å². The van der Waals surface area contributed by atoms with E-state index in [1.165, 1.54) is 22.4 Å². The molecule has 6 nitrogen and oxygen atoms in total. The Morgan fingerprint density at radius 3 is 2.41 bits per heavy atom. The molecule has 0 bridgehead atoms. The molecule has 1 fully saturated rings. The van der Waals surface area contributed by atoms with Gasteiger partial charge in [-0.25, -0.2) is 4.68 Å². The lowest BCUT2D eigenvalue weighted by Gasteiger charge is -2.40. The minimum Gasteiger partial charge on any atom is -0.369 e. The van der Waals surface area contributed by atoms with Crippen LogP contribution in [0.4, 0.5) is 5.69 Å². The lowest BCUT2D eigenvalue weighted by atomic mass is 10.1. The first-order valence-corrected chi connectivity index (χ1v) is 10.5. The molecule has 0 N–H and O–H groups in total. The summed E-state index contributed by atoms with van der Waals surface area (Å²) in [7, 11) is 0. The molecule has 4 rings (SSSR count). The monoisotopic (exact) mass is 390 g/mol. The summed E-state index contributed by atoms with van der Waals surface area (Å²) in [6.07, 6.45) is 0.999. The molecule has 0 spiro atoms. The molecule has 0 aliphatic carbocycles. The maximum absolute atomic E-state index is 4.41. The molecule has 0 radical (unpaired) electrons. The van der Waals surface area contributed by atoms with Gasteiger partial charge < -0.3 is 4.90 Å². The molecule has 1 saturated heterocycles. The van der Waals surface area contributed by atoms with Crippen LogP contribution in [0.25, 0.3) is 0 Å². The molecule has 1 aliphatic rings. The lowest BCUT2D eigenvalue weighted by molar-refractivity contribution is 0.169. The summed E-state index contributed by atoms with van der Waals surface area (Å²) in [5, 5.41) is 12.7. The predicted octanol–water partition coefficient (Wildman–Crippen LogP) is 3.61. The number of piperazine rings is 1. The van der Waals surface area contributed by atoms with Crippen molar-refractivity contribution in [2.45, 2.75) is 39.8 Å². The number of hydrogen-bond donors (Lipinski definition) is 0. The van der Waals surface area contributed by atoms with Gasteiger partial charge in [0.15, 0.2) is 5.82 Å². The van der Waals surface area contributed by atoms with E-state index in [1.807, 2.05) is 10.7 Å². The van der Waals surface area contributed by atoms with Gasteiger partial charge in [0.05, 0.1) is 12.6 Å². The number of hydrogen-bond acceptors (Lipinski definition) is 5. The van der Waals surface area contributed by atoms with Gasteiger partial charge >= 0.3 is 0 Å². The van der Waals surface area contributed by atoms with E-state index in [9.17, 15) is 0 Å². The maximum atomic E-state index is 4.41. The van der Waals surface area contributed by atoms with Crippen LogP contribution in [-0.4, -0.2) is 51.3 Å². The second-order valence-corrected chi connectivity index (χ2v) is 7.85. The van der Waals surface area contributed by atoms with E-state index in [4.69, 9.17) is 0 Å². The molecule has 1 atom stereocenters. The van der Waals surface area contributed by atoms with E-state index in [0.29, 0.717) is 6.54 Å². The highest BCUT2D eigenvalue weighted by Gasteiger charge is 2.28. The van der Waals surface area contributed by atoms with E-state index in [1.54, 1.807) is 0 Å². The van der Waals surface area contributed by atoms with Crippen LogP contribution in [0, 0.1) is 13.8 Å². The van der Waals surface area contributed by atoms with Crippen LogP contribution in [0.1, 0.15) is 41.9 Å². The molecule has 1 aliphatic heterocycles. The molecule has 2 aromatic carbocycles. The van der Waals surface area contributed by atoms with Crippen molar-refractivity contribution >= 4 is 5.69 Å². The number of benzene rings is 2. The summed E-state index contributed by atoms with van der Waals surface area (Å²) < 4.78 is 1.96. The lowest BCUT2D eigenvalue weighted by Crippen LogP contribution is -2.48. The number of nitrogens with zero attached hydrogens (tertiary/aromatic N) is 6. The largest absolute Gasteiger partial charge is 0.369 e. The van der Waals surface area contributed by atoms with Crippen LogP contribution in [0.15, 0.2) is 48.5 Å². The van der Waals surface area contributed by atoms with Crippen molar-refractivity contribution in [3.05, 3.63) is 71.0 Å². The van der Waals surface area contributed by atoms with Gasteiger partial charge in [-0.1, -0.05) is 49.4 Å². The molecule has 2 heterocycles. The van der Waals surface area contributed by atoms with Crippen molar-refractivity contribution in [3.63, 3.8) is 0 Å². The van der Waals surface area contributed by atoms with Crippen LogP contribution < -0.4 is 4.90 Å². The first-order chi connectivity index (χ1) is 14.2. The van der Waals surface area contributed by atoms with Gasteiger partial charge in [0.2, 0.25) is 0 Å². The zero-order chi connectivity index (χ0) is 20.2. The quantitative estimate of drug-likeness (QED) is 0.643. The molecule has 1 aromatic heterocycles. The van der Waals surface area contributed by atoms with Gasteiger partial charge in [-0.3, -0.25) is 4.90 Å². The predicted molar refractivity (Wildman–Crippen MR) is 116 cm³/mol. The molecule has 0 unspecified atom stereocenters. The Balaban J connectivity index is 1.46. The Morgan fingerprint density at radius 2 is 1.69 bits per heavy atom. The van der Waals surface area contributed by atoms with Gasteiger partial charge in [0.1, 0.15) is 0 Å². The summed E-state index contributed by atoms with van der Waals surface area (Å²) in [6, 6.07) is 17.2. The Bertz CT molecular complexity index is 928. The SMILES string of the molecule is CC[C@@H](c1nnnn1Cc1ccccc1)N1CCN(c2cccc(C)c2C)CC1. The zero-order valence-corrected chi connectivity index (χ0v) is 17.6. The summed E-state index contributed by atoms with van der Waals surface area (Å²) in [5.41, 5.74) is 5.33. The number of rotatable bonds is 6. The summed E-state index contributed by atoms with van der Waals surface area (Å²) in [6.45, 7) is 11.4. The normalized spacial score (nSPS) is 16.2. The number of aryl methyl sites for hydroxylation is 1. The van der Waals surface area contributed by atoms with Crippen LogP contribution in [0.2, 0.25) is 0 Å². The van der Waals surface area contributed by atoms with Gasteiger partial charge in [0, 0.05) is 31.9 Å². The number of anilines is 1. The third kappa shape index (κ3) is 4.17. The second-order valence-electron chi connectivity index (χ2n) is 7.85. The van der Waals surface area contributed by atoms with Crippen molar-refractivity contribution in [1.29, 1.82) is 0 Å². The van der Waals surface area contributed by atoms with Gasteiger partial charge in [-0.15, -0.1) is 5.10 Å². The molecule has 3 aromatic rings. The fraction of sp³-hybridized carbons (Fsp3) is 0.435. The topological polar surface area (TPSA) is 50.1 Å². The molecule has 29 heavy (non-hydrogen) atoms. The van der Waals surface area contributed by atoms with Crippen LogP contribution in [0.5, 0.6) is 0 Å². The average Bonchev–Trinajstić information content (AvgIpc) is 3.20. The number of tetrazole rings is 1.